The van der Waals surface area contributed by atoms with E-state index in [1.807, 2.05) is 13.0 Å². The Morgan fingerprint density at radius 3 is 2.62 bits per heavy atom. The minimum atomic E-state index is -3.70. The number of hydrogen-bond donors (Lipinski definition) is 2. The van der Waals surface area contributed by atoms with E-state index in [1.54, 1.807) is 18.4 Å². The second-order valence-electron chi connectivity index (χ2n) is 5.82. The Balaban J connectivity index is 2.08. The number of hydrogen-bond acceptors (Lipinski definition) is 6. The number of methoxy groups -OCH3 is 1. The van der Waals surface area contributed by atoms with Crippen molar-refractivity contribution in [1.82, 2.24) is 9.62 Å². The maximum Gasteiger partial charge on any atom is 0.246 e. The Morgan fingerprint density at radius 2 is 2.04 bits per heavy atom. The van der Waals surface area contributed by atoms with E-state index in [1.165, 1.54) is 33.3 Å². The number of sulfonamides is 1. The summed E-state index contributed by atoms with van der Waals surface area (Å²) in [5.74, 6) is 0.629. The topological polar surface area (TPSA) is 101 Å². The van der Waals surface area contributed by atoms with E-state index < -0.39 is 10.0 Å². The molecule has 0 saturated heterocycles. The second kappa shape index (κ2) is 8.35. The lowest BCUT2D eigenvalue weighted by molar-refractivity contribution is -0.115. The molecule has 2 N–H and O–H groups in total. The van der Waals surface area contributed by atoms with Crippen LogP contribution in [0.5, 0.6) is 5.75 Å². The molecule has 2 aromatic rings. The maximum absolute atomic E-state index is 12.4. The van der Waals surface area contributed by atoms with Crippen LogP contribution in [0.2, 0.25) is 0 Å². The summed E-state index contributed by atoms with van der Waals surface area (Å²) in [6.45, 7) is 1.92. The smallest absolute Gasteiger partial charge is 0.246 e. The predicted molar refractivity (Wildman–Crippen MR) is 97.6 cm³/mol. The zero-order valence-corrected chi connectivity index (χ0v) is 16.0. The van der Waals surface area contributed by atoms with Crippen LogP contribution in [0.15, 0.2) is 45.9 Å². The van der Waals surface area contributed by atoms with Crippen molar-refractivity contribution in [3.05, 3.63) is 42.4 Å². The normalized spacial score (nSPS) is 12.8. The molecule has 8 nitrogen and oxygen atoms in total. The molecule has 0 aliphatic heterocycles. The van der Waals surface area contributed by atoms with Gasteiger partial charge < -0.3 is 14.5 Å². The molecule has 0 radical (unpaired) electrons. The molecule has 1 aromatic heterocycles. The fraction of sp³-hybridized carbons (Fsp3) is 0.353. The minimum Gasteiger partial charge on any atom is -0.495 e. The van der Waals surface area contributed by atoms with Crippen molar-refractivity contribution in [3.8, 4) is 5.75 Å². The third-order valence-electron chi connectivity index (χ3n) is 3.74. The molecule has 0 aliphatic carbocycles. The number of carbonyl (C=O) groups is 1. The molecule has 1 heterocycles. The highest BCUT2D eigenvalue weighted by atomic mass is 32.2. The zero-order valence-electron chi connectivity index (χ0n) is 15.1. The van der Waals surface area contributed by atoms with Crippen LogP contribution in [0.1, 0.15) is 18.7 Å². The fourth-order valence-electron chi connectivity index (χ4n) is 2.24. The summed E-state index contributed by atoms with van der Waals surface area (Å²) in [7, 11) is 0.548. The average Bonchev–Trinajstić information content (AvgIpc) is 3.14. The van der Waals surface area contributed by atoms with E-state index in [2.05, 4.69) is 10.6 Å². The van der Waals surface area contributed by atoms with Gasteiger partial charge in [-0.15, -0.1) is 0 Å². The van der Waals surface area contributed by atoms with E-state index in [0.29, 0.717) is 5.69 Å². The summed E-state index contributed by atoms with van der Waals surface area (Å²) >= 11 is 0. The first kappa shape index (κ1) is 20.0. The fourth-order valence-corrected chi connectivity index (χ4v) is 3.32. The highest BCUT2D eigenvalue weighted by Gasteiger charge is 2.23. The molecule has 26 heavy (non-hydrogen) atoms. The van der Waals surface area contributed by atoms with Crippen LogP contribution in [0.3, 0.4) is 0 Å². The lowest BCUT2D eigenvalue weighted by atomic mass is 10.2. The summed E-state index contributed by atoms with van der Waals surface area (Å²) in [6.07, 6.45) is 1.57. The van der Waals surface area contributed by atoms with E-state index in [9.17, 15) is 13.2 Å². The lowest BCUT2D eigenvalue weighted by Crippen LogP contribution is -2.30. The van der Waals surface area contributed by atoms with Crippen LogP contribution in [0.25, 0.3) is 0 Å². The van der Waals surface area contributed by atoms with Crippen LogP contribution in [-0.4, -0.2) is 46.4 Å². The molecular formula is C17H23N3O5S. The number of benzene rings is 1. The van der Waals surface area contributed by atoms with Crippen molar-refractivity contribution in [2.75, 3.05) is 33.1 Å². The number of ether oxygens (including phenoxy) is 1. The highest BCUT2D eigenvalue weighted by Crippen LogP contribution is 2.28. The van der Waals surface area contributed by atoms with Gasteiger partial charge >= 0.3 is 0 Å². The molecular weight excluding hydrogens is 358 g/mol. The van der Waals surface area contributed by atoms with Gasteiger partial charge in [0.25, 0.3) is 0 Å². The molecule has 9 heteroatoms. The van der Waals surface area contributed by atoms with Gasteiger partial charge in [0.05, 0.1) is 26.0 Å². The van der Waals surface area contributed by atoms with Gasteiger partial charge in [-0.3, -0.25) is 10.1 Å². The van der Waals surface area contributed by atoms with Gasteiger partial charge in [0, 0.05) is 19.8 Å². The monoisotopic (exact) mass is 381 g/mol. The summed E-state index contributed by atoms with van der Waals surface area (Å²) < 4.78 is 36.3. The molecule has 0 aliphatic rings. The maximum atomic E-state index is 12.4. The Labute approximate surface area is 153 Å². The first-order valence-corrected chi connectivity index (χ1v) is 9.37. The molecule has 2 rings (SSSR count). The van der Waals surface area contributed by atoms with Crippen LogP contribution >= 0.6 is 0 Å². The largest absolute Gasteiger partial charge is 0.495 e. The van der Waals surface area contributed by atoms with Crippen LogP contribution in [0, 0.1) is 0 Å². The first-order chi connectivity index (χ1) is 12.3. The van der Waals surface area contributed by atoms with Crippen LogP contribution < -0.4 is 15.4 Å². The summed E-state index contributed by atoms with van der Waals surface area (Å²) in [5, 5.41) is 5.71. The molecule has 1 amide bonds. The van der Waals surface area contributed by atoms with E-state index in [-0.39, 0.29) is 29.1 Å². The van der Waals surface area contributed by atoms with Crippen molar-refractivity contribution in [1.29, 1.82) is 0 Å². The minimum absolute atomic E-state index is 0.0142. The molecule has 142 valence electrons. The van der Waals surface area contributed by atoms with Gasteiger partial charge in [0.2, 0.25) is 15.9 Å². The van der Waals surface area contributed by atoms with E-state index in [4.69, 9.17) is 9.15 Å². The SMILES string of the molecule is COc1ccc(NC(=O)CN[C@H](C)c2ccco2)cc1S(=O)(=O)N(C)C. The molecule has 0 saturated carbocycles. The number of amides is 1. The van der Waals surface area contributed by atoms with Gasteiger partial charge in [-0.2, -0.15) is 0 Å². The molecule has 0 unspecified atom stereocenters. The number of nitrogens with zero attached hydrogens (tertiary/aromatic N) is 1. The van der Waals surface area contributed by atoms with Gasteiger partial charge in [-0.25, -0.2) is 12.7 Å². The average molecular weight is 381 g/mol. The quantitative estimate of drug-likeness (QED) is 0.723. The molecule has 0 spiro atoms. The second-order valence-corrected chi connectivity index (χ2v) is 7.94. The Hall–Kier alpha value is -2.36. The van der Waals surface area contributed by atoms with Crippen molar-refractivity contribution in [2.24, 2.45) is 0 Å². The Bertz CT molecular complexity index is 847. The first-order valence-electron chi connectivity index (χ1n) is 7.93. The number of rotatable bonds is 8. The van der Waals surface area contributed by atoms with Crippen LogP contribution in [-0.2, 0) is 14.8 Å². The number of carbonyl (C=O) groups excluding carboxylic acids is 1. The third kappa shape index (κ3) is 4.63. The van der Waals surface area contributed by atoms with Gasteiger partial charge in [0.1, 0.15) is 16.4 Å². The standard InChI is InChI=1S/C17H23N3O5S/c1-12(14-6-5-9-25-14)18-11-17(21)19-13-7-8-15(24-4)16(10-13)26(22,23)20(2)3/h5-10,12,18H,11H2,1-4H3,(H,19,21)/t12-/m1/s1. The summed E-state index contributed by atoms with van der Waals surface area (Å²) in [6, 6.07) is 7.93. The van der Waals surface area contributed by atoms with E-state index >= 15 is 0 Å². The number of nitrogens with one attached hydrogen (secondary N) is 2. The van der Waals surface area contributed by atoms with Gasteiger partial charge in [0.15, 0.2) is 0 Å². The number of furan rings is 1. The Kier molecular flexibility index (Phi) is 6.41. The van der Waals surface area contributed by atoms with Crippen molar-refractivity contribution >= 4 is 21.6 Å². The van der Waals surface area contributed by atoms with Crippen LogP contribution in [0.4, 0.5) is 5.69 Å². The van der Waals surface area contributed by atoms with E-state index in [0.717, 1.165) is 10.1 Å². The Morgan fingerprint density at radius 1 is 1.31 bits per heavy atom. The van der Waals surface area contributed by atoms with Gasteiger partial charge in [-0.1, -0.05) is 0 Å². The van der Waals surface area contributed by atoms with Gasteiger partial charge in [-0.05, 0) is 37.3 Å². The van der Waals surface area contributed by atoms with Crippen molar-refractivity contribution in [3.63, 3.8) is 0 Å². The highest BCUT2D eigenvalue weighted by molar-refractivity contribution is 7.89. The molecule has 0 bridgehead atoms. The van der Waals surface area contributed by atoms with Crippen molar-refractivity contribution in [2.45, 2.75) is 17.9 Å². The predicted octanol–water partition coefficient (Wildman–Crippen LogP) is 1.83. The zero-order chi connectivity index (χ0) is 19.3. The van der Waals surface area contributed by atoms with Crippen molar-refractivity contribution < 1.29 is 22.4 Å². The molecule has 0 fully saturated rings. The number of anilines is 1. The lowest BCUT2D eigenvalue weighted by Gasteiger charge is -2.16. The third-order valence-corrected chi connectivity index (χ3v) is 5.58. The molecule has 1 aromatic carbocycles. The molecule has 1 atom stereocenters. The summed E-state index contributed by atoms with van der Waals surface area (Å²) in [4.78, 5) is 12.1. The summed E-state index contributed by atoms with van der Waals surface area (Å²) in [5.41, 5.74) is 0.365.